The topological polar surface area (TPSA) is 125 Å². The molecule has 43 heavy (non-hydrogen) atoms. The van der Waals surface area contributed by atoms with Crippen LogP contribution < -0.4 is 21.3 Å². The lowest BCUT2D eigenvalue weighted by Crippen LogP contribution is -2.50. The number of rotatable bonds is 6. The summed E-state index contributed by atoms with van der Waals surface area (Å²) in [5.74, 6) is 0.524. The molecule has 224 valence electrons. The Hall–Kier alpha value is -4.52. The number of nitrogens with two attached hydrogens (primary N) is 1. The van der Waals surface area contributed by atoms with Gasteiger partial charge in [-0.25, -0.2) is 15.0 Å². The molecule has 13 heteroatoms. The monoisotopic (exact) mass is 591 g/mol. The summed E-state index contributed by atoms with van der Waals surface area (Å²) in [6.07, 6.45) is 1.96. The lowest BCUT2D eigenvalue weighted by molar-refractivity contribution is -0.137. The molecule has 1 saturated carbocycles. The predicted molar refractivity (Wildman–Crippen MR) is 159 cm³/mol. The first-order chi connectivity index (χ1) is 20.7. The van der Waals surface area contributed by atoms with Crippen LogP contribution in [0, 0.1) is 6.92 Å². The van der Waals surface area contributed by atoms with Crippen molar-refractivity contribution in [3.63, 3.8) is 0 Å². The van der Waals surface area contributed by atoms with Gasteiger partial charge in [-0.2, -0.15) is 18.2 Å². The molecule has 1 amide bonds. The molecule has 4 aromatic rings. The van der Waals surface area contributed by atoms with Gasteiger partial charge in [-0.1, -0.05) is 25.0 Å². The standard InChI is InChI=1S/C30H32F3N9O/c1-18-9-10-21(37-28(43)19-5-4-6-20(15-19)30(31,32)33)16-23(18)38-27-25-24(35-17-36-27)26(34)40-29(39-25)42-13-11-41(12-14-42)22-7-2-3-8-22/h4-6,9-10,15-17,22H,2-3,7-8,11-14H2,1H3,(H,37,43)(H2,34,39,40)(H,35,36,38). The number of hydrogen-bond acceptors (Lipinski definition) is 9. The van der Waals surface area contributed by atoms with Gasteiger partial charge in [0.1, 0.15) is 17.4 Å². The van der Waals surface area contributed by atoms with E-state index in [1.54, 1.807) is 18.2 Å². The molecule has 4 N–H and O–H groups in total. The molecule has 0 spiro atoms. The van der Waals surface area contributed by atoms with Crippen molar-refractivity contribution in [1.29, 1.82) is 0 Å². The van der Waals surface area contributed by atoms with Crippen molar-refractivity contribution in [3.05, 3.63) is 65.5 Å². The number of fused-ring (bicyclic) bond motifs is 1. The zero-order valence-corrected chi connectivity index (χ0v) is 23.7. The summed E-state index contributed by atoms with van der Waals surface area (Å²) in [6, 6.07) is 10.1. The van der Waals surface area contributed by atoms with Gasteiger partial charge >= 0.3 is 6.18 Å². The summed E-state index contributed by atoms with van der Waals surface area (Å²) >= 11 is 0. The first-order valence-corrected chi connectivity index (χ1v) is 14.3. The van der Waals surface area contributed by atoms with Gasteiger partial charge in [-0.15, -0.1) is 0 Å². The number of nitrogens with zero attached hydrogens (tertiary/aromatic N) is 6. The Bertz CT molecular complexity index is 1650. The number of alkyl halides is 3. The molecule has 10 nitrogen and oxygen atoms in total. The van der Waals surface area contributed by atoms with E-state index in [4.69, 9.17) is 10.7 Å². The minimum absolute atomic E-state index is 0.101. The van der Waals surface area contributed by atoms with Gasteiger partial charge in [0.25, 0.3) is 5.91 Å². The summed E-state index contributed by atoms with van der Waals surface area (Å²) in [7, 11) is 0. The Labute approximate surface area is 246 Å². The number of aryl methyl sites for hydroxylation is 1. The summed E-state index contributed by atoms with van der Waals surface area (Å²) in [5, 5.41) is 5.95. The van der Waals surface area contributed by atoms with Crippen LogP contribution in [0.25, 0.3) is 11.0 Å². The summed E-state index contributed by atoms with van der Waals surface area (Å²) in [4.78, 5) is 35.6. The number of amides is 1. The minimum Gasteiger partial charge on any atom is -0.382 e. The number of carbonyl (C=O) groups excluding carboxylic acids is 1. The zero-order chi connectivity index (χ0) is 30.1. The zero-order valence-electron chi connectivity index (χ0n) is 23.7. The maximum atomic E-state index is 13.1. The van der Waals surface area contributed by atoms with Crippen molar-refractivity contribution in [3.8, 4) is 0 Å². The van der Waals surface area contributed by atoms with Crippen molar-refractivity contribution in [2.45, 2.75) is 44.8 Å². The van der Waals surface area contributed by atoms with Crippen LogP contribution in [0.4, 0.5) is 42.1 Å². The maximum Gasteiger partial charge on any atom is 0.416 e. The Morgan fingerprint density at radius 1 is 0.977 bits per heavy atom. The highest BCUT2D eigenvalue weighted by atomic mass is 19.4. The van der Waals surface area contributed by atoms with Crippen LogP contribution in [0.3, 0.4) is 0 Å². The van der Waals surface area contributed by atoms with Crippen LogP contribution >= 0.6 is 0 Å². The van der Waals surface area contributed by atoms with Gasteiger partial charge < -0.3 is 21.3 Å². The Morgan fingerprint density at radius 2 is 1.74 bits per heavy atom. The molecule has 2 aliphatic rings. The van der Waals surface area contributed by atoms with E-state index in [0.717, 1.165) is 43.9 Å². The lowest BCUT2D eigenvalue weighted by atomic mass is 10.1. The molecule has 1 aliphatic carbocycles. The Balaban J connectivity index is 1.22. The van der Waals surface area contributed by atoms with E-state index in [-0.39, 0.29) is 11.4 Å². The van der Waals surface area contributed by atoms with Crippen LogP contribution in [0.2, 0.25) is 0 Å². The molecule has 3 heterocycles. The molecule has 2 aromatic carbocycles. The number of hydrogen-bond donors (Lipinski definition) is 3. The fraction of sp³-hybridized carbons (Fsp3) is 0.367. The fourth-order valence-corrected chi connectivity index (χ4v) is 5.75. The first kappa shape index (κ1) is 28.6. The Morgan fingerprint density at radius 3 is 2.49 bits per heavy atom. The van der Waals surface area contributed by atoms with Crippen molar-refractivity contribution in [1.82, 2.24) is 24.8 Å². The maximum absolute atomic E-state index is 13.1. The molecule has 1 aliphatic heterocycles. The highest BCUT2D eigenvalue weighted by Crippen LogP contribution is 2.32. The van der Waals surface area contributed by atoms with Gasteiger partial charge in [-0.3, -0.25) is 9.69 Å². The number of halogens is 3. The summed E-state index contributed by atoms with van der Waals surface area (Å²) < 4.78 is 39.4. The van der Waals surface area contributed by atoms with E-state index >= 15 is 0 Å². The number of benzene rings is 2. The third-order valence-corrected chi connectivity index (χ3v) is 8.14. The Kier molecular flexibility index (Phi) is 7.74. The normalized spacial score (nSPS) is 16.5. The molecule has 6 rings (SSSR count). The van der Waals surface area contributed by atoms with Crippen LogP contribution in [0.15, 0.2) is 48.8 Å². The number of nitrogen functional groups attached to an aromatic ring is 1. The van der Waals surface area contributed by atoms with E-state index in [0.29, 0.717) is 40.2 Å². The van der Waals surface area contributed by atoms with E-state index in [1.807, 2.05) is 6.92 Å². The SMILES string of the molecule is Cc1ccc(NC(=O)c2cccc(C(F)(F)F)c2)cc1Nc1ncnc2c(N)nc(N3CCN(C4CCCC4)CC3)nc12. The molecule has 0 atom stereocenters. The smallest absolute Gasteiger partial charge is 0.382 e. The van der Waals surface area contributed by atoms with Crippen LogP contribution in [-0.4, -0.2) is 63.0 Å². The van der Waals surface area contributed by atoms with Crippen molar-refractivity contribution in [2.75, 3.05) is 47.4 Å². The van der Waals surface area contributed by atoms with Crippen molar-refractivity contribution in [2.24, 2.45) is 0 Å². The number of nitrogens with one attached hydrogen (secondary N) is 2. The second-order valence-corrected chi connectivity index (χ2v) is 11.0. The number of anilines is 5. The van der Waals surface area contributed by atoms with Crippen molar-refractivity contribution < 1.29 is 18.0 Å². The predicted octanol–water partition coefficient (Wildman–Crippen LogP) is 5.39. The molecular formula is C30H32F3N9O. The minimum atomic E-state index is -4.55. The molecule has 0 radical (unpaired) electrons. The van der Waals surface area contributed by atoms with Crippen LogP contribution in [0.1, 0.15) is 47.2 Å². The van der Waals surface area contributed by atoms with Gasteiger partial charge in [0, 0.05) is 49.2 Å². The van der Waals surface area contributed by atoms with Gasteiger partial charge in [0.05, 0.1) is 5.56 Å². The number of carbonyl (C=O) groups is 1. The fourth-order valence-electron chi connectivity index (χ4n) is 5.75. The number of aromatic nitrogens is 4. The summed E-state index contributed by atoms with van der Waals surface area (Å²) in [6.45, 7) is 5.36. The largest absolute Gasteiger partial charge is 0.416 e. The van der Waals surface area contributed by atoms with E-state index in [2.05, 4.69) is 35.4 Å². The highest BCUT2D eigenvalue weighted by Gasteiger charge is 2.31. The van der Waals surface area contributed by atoms with Crippen LogP contribution in [-0.2, 0) is 6.18 Å². The molecule has 2 fully saturated rings. The molecule has 0 unspecified atom stereocenters. The molecular weight excluding hydrogens is 559 g/mol. The van der Waals surface area contributed by atoms with Gasteiger partial charge in [-0.05, 0) is 55.7 Å². The third-order valence-electron chi connectivity index (χ3n) is 8.14. The molecule has 1 saturated heterocycles. The van der Waals surface area contributed by atoms with Crippen molar-refractivity contribution >= 4 is 45.9 Å². The van der Waals surface area contributed by atoms with Crippen LogP contribution in [0.5, 0.6) is 0 Å². The van der Waals surface area contributed by atoms with E-state index < -0.39 is 17.6 Å². The quantitative estimate of drug-likeness (QED) is 0.271. The highest BCUT2D eigenvalue weighted by molar-refractivity contribution is 6.04. The third kappa shape index (κ3) is 6.17. The first-order valence-electron chi connectivity index (χ1n) is 14.3. The molecule has 2 aromatic heterocycles. The second kappa shape index (κ2) is 11.6. The van der Waals surface area contributed by atoms with E-state index in [9.17, 15) is 18.0 Å². The van der Waals surface area contributed by atoms with Gasteiger partial charge in [0.2, 0.25) is 5.95 Å². The number of piperazine rings is 1. The summed E-state index contributed by atoms with van der Waals surface area (Å²) in [5.41, 5.74) is 8.06. The average molecular weight is 592 g/mol. The van der Waals surface area contributed by atoms with Gasteiger partial charge in [0.15, 0.2) is 11.6 Å². The van der Waals surface area contributed by atoms with E-state index in [1.165, 1.54) is 44.1 Å². The molecule has 0 bridgehead atoms. The average Bonchev–Trinajstić information content (AvgIpc) is 3.54. The second-order valence-electron chi connectivity index (χ2n) is 11.0. The lowest BCUT2D eigenvalue weighted by Gasteiger charge is -2.38.